The summed E-state index contributed by atoms with van der Waals surface area (Å²) in [6, 6.07) is 54.1. The number of carbonyl (C=O) groups is 4. The highest BCUT2D eigenvalue weighted by Crippen LogP contribution is 2.49. The van der Waals surface area contributed by atoms with Gasteiger partial charge >= 0.3 is 12.2 Å². The van der Waals surface area contributed by atoms with Crippen molar-refractivity contribution in [1.82, 2.24) is 10.2 Å². The van der Waals surface area contributed by atoms with Gasteiger partial charge in [-0.25, -0.2) is 4.79 Å². The molecule has 0 bridgehead atoms. The van der Waals surface area contributed by atoms with E-state index in [9.17, 15) is 19.9 Å². The number of rotatable bonds is 14. The number of β-lactam (4-membered cyclic amide) rings is 1. The number of carbonyl (C=O) groups excluding carboxylic acids is 4. The molecule has 288 valence electrons. The molecule has 2 amide bonds. The van der Waals surface area contributed by atoms with Gasteiger partial charge in [0.25, 0.3) is 17.6 Å². The molecule has 7 rings (SSSR count). The smallest absolute Gasteiger partial charge is 0.357 e. The third kappa shape index (κ3) is 7.85. The molecule has 0 radical (unpaired) electrons. The first-order chi connectivity index (χ1) is 28.3. The number of nitrogens with one attached hydrogen (secondary N) is 1. The molecule has 0 unspecified atom stereocenters. The minimum Gasteiger partial charge on any atom is -0.448 e. The van der Waals surface area contributed by atoms with Gasteiger partial charge in [0.05, 0.1) is 0 Å². The quantitative estimate of drug-likeness (QED) is 0.0377. The number of hydrogen-bond donors (Lipinski definition) is 1. The van der Waals surface area contributed by atoms with Crippen molar-refractivity contribution in [3.63, 3.8) is 0 Å². The Morgan fingerprint density at radius 1 is 0.672 bits per heavy atom. The van der Waals surface area contributed by atoms with Crippen LogP contribution < -0.4 is 21.2 Å². The van der Waals surface area contributed by atoms with Crippen molar-refractivity contribution < 1.29 is 33.4 Å². The number of hydrogen-bond acceptors (Lipinski definition) is 6. The van der Waals surface area contributed by atoms with Crippen LogP contribution in [0.25, 0.3) is 5.53 Å². The van der Waals surface area contributed by atoms with Gasteiger partial charge in [-0.05, 0) is 46.1 Å². The fourth-order valence-electron chi connectivity index (χ4n) is 7.12. The number of nitrogens with zero attached hydrogens (tertiary/aromatic N) is 3. The first-order valence-electron chi connectivity index (χ1n) is 18.6. The van der Waals surface area contributed by atoms with Gasteiger partial charge in [0.1, 0.15) is 11.5 Å². The second-order valence-electron chi connectivity index (χ2n) is 13.4. The summed E-state index contributed by atoms with van der Waals surface area (Å²) in [6.45, 7) is -2.01. The van der Waals surface area contributed by atoms with Crippen molar-refractivity contribution in [2.24, 2.45) is 0 Å². The molecular formula is C47H39N4O6P. The molecule has 0 aromatic heterocycles. The van der Waals surface area contributed by atoms with Crippen LogP contribution >= 0.6 is 6.89 Å². The van der Waals surface area contributed by atoms with Gasteiger partial charge in [0.15, 0.2) is 18.4 Å². The highest BCUT2D eigenvalue weighted by Gasteiger charge is 2.56. The van der Waals surface area contributed by atoms with E-state index in [1.54, 1.807) is 30.3 Å². The number of esters is 1. The molecule has 0 saturated carbocycles. The van der Waals surface area contributed by atoms with Crippen LogP contribution in [0.5, 0.6) is 0 Å². The molecular weight excluding hydrogens is 748 g/mol. The van der Waals surface area contributed by atoms with Crippen LogP contribution in [0.1, 0.15) is 34.5 Å². The minimum absolute atomic E-state index is 0.0244. The van der Waals surface area contributed by atoms with E-state index >= 15 is 4.79 Å². The zero-order chi connectivity index (χ0) is 40.5. The molecule has 1 N–H and O–H groups in total. The largest absolute Gasteiger partial charge is 0.448 e. The molecule has 3 atom stereocenters. The van der Waals surface area contributed by atoms with Gasteiger partial charge in [-0.2, -0.15) is 4.79 Å². The lowest BCUT2D eigenvalue weighted by molar-refractivity contribution is -0.180. The molecule has 0 spiro atoms. The van der Waals surface area contributed by atoms with Gasteiger partial charge in [0, 0.05) is 12.4 Å². The summed E-state index contributed by atoms with van der Waals surface area (Å²) in [5, 5.41) is 4.99. The van der Waals surface area contributed by atoms with Crippen molar-refractivity contribution in [2.45, 2.75) is 31.4 Å². The maximum absolute atomic E-state index is 15.8. The van der Waals surface area contributed by atoms with Gasteiger partial charge < -0.3 is 20.3 Å². The third-order valence-corrected chi connectivity index (χ3v) is 14.1. The van der Waals surface area contributed by atoms with Gasteiger partial charge in [-0.15, -0.1) is 0 Å². The number of benzene rings is 6. The molecule has 58 heavy (non-hydrogen) atoms. The first kappa shape index (κ1) is 39.3. The Bertz CT molecular complexity index is 2360. The lowest BCUT2D eigenvalue weighted by atomic mass is 10.0. The molecule has 1 fully saturated rings. The summed E-state index contributed by atoms with van der Waals surface area (Å²) in [6.07, 6.45) is -2.87. The van der Waals surface area contributed by atoms with Gasteiger partial charge in [-0.3, -0.25) is 19.3 Å². The van der Waals surface area contributed by atoms with Gasteiger partial charge in [-0.1, -0.05) is 170 Å². The second-order valence-corrected chi connectivity index (χ2v) is 16.8. The molecule has 1 saturated heterocycles. The van der Waals surface area contributed by atoms with Gasteiger partial charge in [0.2, 0.25) is 0 Å². The van der Waals surface area contributed by atoms with Crippen LogP contribution in [0.3, 0.4) is 0 Å². The average Bonchev–Trinajstić information content (AvgIpc) is 3.28. The Kier molecular flexibility index (Phi) is 12.1. The number of amides is 2. The van der Waals surface area contributed by atoms with Crippen LogP contribution in [0, 0.1) is 0 Å². The summed E-state index contributed by atoms with van der Waals surface area (Å²) in [7, 11) is 0. The summed E-state index contributed by atoms with van der Waals surface area (Å²) in [4.78, 5) is 61.6. The molecule has 11 heteroatoms. The third-order valence-electron chi connectivity index (χ3n) is 9.88. The molecule has 10 nitrogen and oxygen atoms in total. The van der Waals surface area contributed by atoms with E-state index < -0.39 is 54.9 Å². The van der Waals surface area contributed by atoms with E-state index in [4.69, 9.17) is 9.47 Å². The highest BCUT2D eigenvalue weighted by atomic mass is 31.2. The van der Waals surface area contributed by atoms with Crippen molar-refractivity contribution in [3.8, 4) is 0 Å². The normalized spacial score (nSPS) is 15.3. The number of ketones is 1. The molecule has 6 aromatic carbocycles. The van der Waals surface area contributed by atoms with Crippen LogP contribution in [0.2, 0.25) is 0 Å². The highest BCUT2D eigenvalue weighted by molar-refractivity contribution is 7.96. The Balaban J connectivity index is 1.53. The summed E-state index contributed by atoms with van der Waals surface area (Å²) in [5.74, 6) is -2.73. The molecule has 1 aliphatic rings. The number of ether oxygens (including phenoxy) is 2. The predicted octanol–water partition coefficient (Wildman–Crippen LogP) is 5.68. The summed E-state index contributed by atoms with van der Waals surface area (Å²) < 4.78 is 13.0. The second kappa shape index (κ2) is 17.9. The maximum atomic E-state index is 15.8. The number of likely N-dealkylation sites (tertiary alicyclic amines) is 1. The van der Waals surface area contributed by atoms with E-state index in [1.807, 2.05) is 152 Å². The van der Waals surface area contributed by atoms with Crippen molar-refractivity contribution in [1.29, 1.82) is 0 Å². The van der Waals surface area contributed by atoms with Crippen LogP contribution in [-0.4, -0.2) is 63.3 Å². The predicted molar refractivity (Wildman–Crippen MR) is 225 cm³/mol. The SMILES string of the molecule is C[C@H](O[C@@H]1[C@@H](NC(=O)c2ccccc2)C(=O)N1C(C(=O)OC(c1ccccc1)c1ccccc1)=P(c1ccccc1)(c1ccccc1)c1ccccc1)C(=O)C=[N+]=[N-]. The van der Waals surface area contributed by atoms with E-state index in [0.29, 0.717) is 22.9 Å². The fraction of sp³-hybridized carbons (Fsp3) is 0.106. The van der Waals surface area contributed by atoms with E-state index in [0.717, 1.165) is 15.9 Å². The average molecular weight is 787 g/mol. The minimum atomic E-state index is -3.45. The fourth-order valence-corrected chi connectivity index (χ4v) is 11.5. The lowest BCUT2D eigenvalue weighted by Crippen LogP contribution is -2.75. The molecule has 1 aliphatic heterocycles. The molecule has 6 aromatic rings. The lowest BCUT2D eigenvalue weighted by Gasteiger charge is -2.49. The Hall–Kier alpha value is -6.96. The zero-order valence-electron chi connectivity index (χ0n) is 31.4. The zero-order valence-corrected chi connectivity index (χ0v) is 32.3. The van der Waals surface area contributed by atoms with E-state index in [1.165, 1.54) is 11.8 Å². The Labute approximate surface area is 336 Å². The number of Topliss-reactive ketones (excluding diaryl/α,β-unsaturated/α-hetero) is 1. The van der Waals surface area contributed by atoms with E-state index in [-0.39, 0.29) is 5.42 Å². The summed E-state index contributed by atoms with van der Waals surface area (Å²) in [5.41, 5.74) is 10.9. The Morgan fingerprint density at radius 2 is 1.09 bits per heavy atom. The van der Waals surface area contributed by atoms with Crippen LogP contribution in [-0.2, 0) is 23.9 Å². The standard InChI is InChI=1S/C47H39N4O6P/c1-33(40(52)32-49-48)56-45-41(50-43(53)36-24-12-4-13-25-36)44(54)51(45)46(47(55)57-42(34-20-8-2-9-21-34)35-22-10-3-11-23-35)58(37-26-14-5-15-27-37,38-28-16-6-17-29-38)39-30-18-7-19-31-39/h2-33,41-42,45H,1H3,(H,50,53)/t33-,41-,45+/m0/s1. The Morgan fingerprint density at radius 3 is 1.52 bits per heavy atom. The van der Waals surface area contributed by atoms with E-state index in [2.05, 4.69) is 10.1 Å². The first-order valence-corrected chi connectivity index (χ1v) is 20.4. The van der Waals surface area contributed by atoms with Crippen molar-refractivity contribution >= 4 is 58.0 Å². The topological polar surface area (TPSA) is 138 Å². The molecule has 0 aliphatic carbocycles. The van der Waals surface area contributed by atoms with Crippen LogP contribution in [0.15, 0.2) is 182 Å². The summed E-state index contributed by atoms with van der Waals surface area (Å²) >= 11 is 0. The monoisotopic (exact) mass is 786 g/mol. The van der Waals surface area contributed by atoms with Crippen molar-refractivity contribution in [2.75, 3.05) is 0 Å². The molecule has 1 heterocycles. The van der Waals surface area contributed by atoms with Crippen molar-refractivity contribution in [3.05, 3.63) is 204 Å². The van der Waals surface area contributed by atoms with Crippen LogP contribution in [0.4, 0.5) is 0 Å². The maximum Gasteiger partial charge on any atom is 0.357 e.